The van der Waals surface area contributed by atoms with E-state index in [0.29, 0.717) is 5.75 Å². The Bertz CT molecular complexity index is 688. The summed E-state index contributed by atoms with van der Waals surface area (Å²) < 4.78 is 6.04. The van der Waals surface area contributed by atoms with E-state index in [2.05, 4.69) is 10.4 Å². The van der Waals surface area contributed by atoms with Crippen LogP contribution in [0.2, 0.25) is 0 Å². The lowest BCUT2D eigenvalue weighted by Gasteiger charge is -2.08. The van der Waals surface area contributed by atoms with E-state index >= 15 is 0 Å². The van der Waals surface area contributed by atoms with E-state index in [-0.39, 0.29) is 5.56 Å². The summed E-state index contributed by atoms with van der Waals surface area (Å²) in [5.74, 6) is 0.370. The molecule has 1 aromatic heterocycles. The predicted molar refractivity (Wildman–Crippen MR) is 65.0 cm³/mol. The van der Waals surface area contributed by atoms with E-state index in [4.69, 9.17) is 10.00 Å². The molecule has 19 heavy (non-hydrogen) atoms. The number of hydrogen-bond donors (Lipinski definition) is 1. The van der Waals surface area contributed by atoms with E-state index in [0.717, 1.165) is 17.2 Å². The van der Waals surface area contributed by atoms with Crippen LogP contribution in [-0.4, -0.2) is 15.8 Å². The Morgan fingerprint density at radius 1 is 1.37 bits per heavy atom. The maximum Gasteiger partial charge on any atom is 0.431 e. The molecule has 2 rings (SSSR count). The topological polar surface area (TPSA) is 97.0 Å². The molecule has 2 aromatic rings. The van der Waals surface area contributed by atoms with Crippen LogP contribution in [0.3, 0.4) is 0 Å². The summed E-state index contributed by atoms with van der Waals surface area (Å²) in [6.07, 6.45) is 1.47. The lowest BCUT2D eigenvalue weighted by molar-refractivity contribution is 0.211. The van der Waals surface area contributed by atoms with Gasteiger partial charge in [-0.1, -0.05) is 18.2 Å². The van der Waals surface area contributed by atoms with Gasteiger partial charge in [-0.3, -0.25) is 4.79 Å². The lowest BCUT2D eigenvalue weighted by atomic mass is 10.3. The highest BCUT2D eigenvalue weighted by atomic mass is 16.6. The quantitative estimate of drug-likeness (QED) is 0.859. The van der Waals surface area contributed by atoms with E-state index in [1.54, 1.807) is 36.4 Å². The molecule has 0 radical (unpaired) electrons. The number of nitrogens with one attached hydrogen (secondary N) is 1. The van der Waals surface area contributed by atoms with Gasteiger partial charge in [0.2, 0.25) is 0 Å². The molecule has 1 N–H and O–H groups in total. The number of para-hydroxylation sites is 1. The first kappa shape index (κ1) is 12.3. The van der Waals surface area contributed by atoms with Crippen LogP contribution < -0.4 is 15.7 Å². The molecule has 0 saturated heterocycles. The zero-order valence-electron chi connectivity index (χ0n) is 9.61. The van der Waals surface area contributed by atoms with Crippen LogP contribution in [0.15, 0.2) is 47.7 Å². The molecule has 1 heterocycles. The SMILES string of the molecule is N#Cc1cn(NC(=O)Oc2ccccc2)cnc1=O. The minimum atomic E-state index is -0.763. The van der Waals surface area contributed by atoms with Crippen LogP contribution in [0.4, 0.5) is 4.79 Å². The molecule has 0 bridgehead atoms. The average molecular weight is 256 g/mol. The van der Waals surface area contributed by atoms with Gasteiger partial charge in [0.1, 0.15) is 23.7 Å². The summed E-state index contributed by atoms with van der Waals surface area (Å²) in [4.78, 5) is 26.0. The van der Waals surface area contributed by atoms with Crippen molar-refractivity contribution in [3.63, 3.8) is 0 Å². The van der Waals surface area contributed by atoms with Gasteiger partial charge in [-0.15, -0.1) is 0 Å². The third kappa shape index (κ3) is 3.17. The number of carbonyl (C=O) groups excluding carboxylic acids is 1. The summed E-state index contributed by atoms with van der Waals surface area (Å²) in [7, 11) is 0. The van der Waals surface area contributed by atoms with Gasteiger partial charge in [0, 0.05) is 0 Å². The summed E-state index contributed by atoms with van der Waals surface area (Å²) in [6.45, 7) is 0. The summed E-state index contributed by atoms with van der Waals surface area (Å²) >= 11 is 0. The third-order valence-corrected chi connectivity index (χ3v) is 2.09. The van der Waals surface area contributed by atoms with Gasteiger partial charge in [0.25, 0.3) is 5.56 Å². The fourth-order valence-electron chi connectivity index (χ4n) is 1.27. The molecule has 0 aliphatic rings. The predicted octanol–water partition coefficient (Wildman–Crippen LogP) is 0.857. The van der Waals surface area contributed by atoms with Crippen LogP contribution in [0.1, 0.15) is 5.56 Å². The molecule has 0 unspecified atom stereocenters. The third-order valence-electron chi connectivity index (χ3n) is 2.09. The number of nitriles is 1. The molecule has 0 aliphatic heterocycles. The first-order valence-corrected chi connectivity index (χ1v) is 5.21. The Hall–Kier alpha value is -3.14. The second kappa shape index (κ2) is 5.46. The van der Waals surface area contributed by atoms with Crippen molar-refractivity contribution < 1.29 is 9.53 Å². The number of carbonyl (C=O) groups is 1. The van der Waals surface area contributed by atoms with Crippen molar-refractivity contribution in [2.45, 2.75) is 0 Å². The summed E-state index contributed by atoms with van der Waals surface area (Å²) in [5.41, 5.74) is 1.46. The fraction of sp³-hybridized carbons (Fsp3) is 0. The van der Waals surface area contributed by atoms with Crippen molar-refractivity contribution in [1.29, 1.82) is 5.26 Å². The standard InChI is InChI=1S/C12H8N4O3/c13-6-9-7-16(8-14-11(9)17)15-12(18)19-10-4-2-1-3-5-10/h1-5,7-8H,(H,15,18). The van der Waals surface area contributed by atoms with E-state index < -0.39 is 11.7 Å². The molecule has 1 aromatic carbocycles. The molecular weight excluding hydrogens is 248 g/mol. The van der Waals surface area contributed by atoms with Gasteiger partial charge in [-0.25, -0.2) is 14.9 Å². The molecule has 94 valence electrons. The minimum absolute atomic E-state index is 0.178. The van der Waals surface area contributed by atoms with Gasteiger partial charge in [-0.05, 0) is 12.1 Å². The number of aromatic nitrogens is 2. The molecule has 7 heteroatoms. The summed E-state index contributed by atoms with van der Waals surface area (Å²) in [6, 6.07) is 10.1. The van der Waals surface area contributed by atoms with Crippen LogP contribution in [0.5, 0.6) is 5.75 Å². The number of rotatable bonds is 2. The van der Waals surface area contributed by atoms with Crippen molar-refractivity contribution in [2.75, 3.05) is 5.43 Å². The molecule has 0 atom stereocenters. The van der Waals surface area contributed by atoms with Crippen molar-refractivity contribution in [3.05, 3.63) is 58.8 Å². The van der Waals surface area contributed by atoms with Crippen LogP contribution >= 0.6 is 0 Å². The van der Waals surface area contributed by atoms with E-state index in [1.807, 2.05) is 0 Å². The number of ether oxygens (including phenoxy) is 1. The van der Waals surface area contributed by atoms with Crippen LogP contribution in [-0.2, 0) is 0 Å². The average Bonchev–Trinajstić information content (AvgIpc) is 2.42. The molecule has 0 fully saturated rings. The van der Waals surface area contributed by atoms with E-state index in [9.17, 15) is 9.59 Å². The highest BCUT2D eigenvalue weighted by Crippen LogP contribution is 2.08. The summed E-state index contributed by atoms with van der Waals surface area (Å²) in [5, 5.41) is 8.66. The molecular formula is C12H8N4O3. The van der Waals surface area contributed by atoms with Crippen LogP contribution in [0.25, 0.3) is 0 Å². The zero-order chi connectivity index (χ0) is 13.7. The highest BCUT2D eigenvalue weighted by Gasteiger charge is 2.05. The Morgan fingerprint density at radius 2 is 2.11 bits per heavy atom. The van der Waals surface area contributed by atoms with Crippen molar-refractivity contribution in [3.8, 4) is 11.8 Å². The molecule has 0 saturated carbocycles. The van der Waals surface area contributed by atoms with Crippen molar-refractivity contribution >= 4 is 6.09 Å². The van der Waals surface area contributed by atoms with Gasteiger partial charge in [-0.2, -0.15) is 10.2 Å². The minimum Gasteiger partial charge on any atom is -0.409 e. The number of amides is 1. The lowest BCUT2D eigenvalue weighted by Crippen LogP contribution is -2.28. The van der Waals surface area contributed by atoms with Gasteiger partial charge >= 0.3 is 6.09 Å². The molecule has 1 amide bonds. The largest absolute Gasteiger partial charge is 0.431 e. The number of nitrogens with zero attached hydrogens (tertiary/aromatic N) is 3. The monoisotopic (exact) mass is 256 g/mol. The molecule has 0 aliphatic carbocycles. The fourth-order valence-corrected chi connectivity index (χ4v) is 1.27. The van der Waals surface area contributed by atoms with Crippen LogP contribution in [0, 0.1) is 11.3 Å². The Morgan fingerprint density at radius 3 is 2.79 bits per heavy atom. The first-order valence-electron chi connectivity index (χ1n) is 5.21. The van der Waals surface area contributed by atoms with Gasteiger partial charge < -0.3 is 4.74 Å². The Balaban J connectivity index is 2.08. The Labute approximate surface area is 107 Å². The van der Waals surface area contributed by atoms with Gasteiger partial charge in [0.05, 0.1) is 6.20 Å². The number of benzene rings is 1. The van der Waals surface area contributed by atoms with Crippen molar-refractivity contribution in [2.24, 2.45) is 0 Å². The highest BCUT2D eigenvalue weighted by molar-refractivity contribution is 5.78. The Kier molecular flexibility index (Phi) is 3.54. The second-order valence-corrected chi connectivity index (χ2v) is 3.43. The van der Waals surface area contributed by atoms with Gasteiger partial charge in [0.15, 0.2) is 0 Å². The molecule has 7 nitrogen and oxygen atoms in total. The first-order chi connectivity index (χ1) is 9.19. The van der Waals surface area contributed by atoms with E-state index in [1.165, 1.54) is 0 Å². The van der Waals surface area contributed by atoms with Crippen molar-refractivity contribution in [1.82, 2.24) is 9.66 Å². The normalized spacial score (nSPS) is 9.42. The molecule has 0 spiro atoms. The smallest absolute Gasteiger partial charge is 0.409 e. The maximum atomic E-state index is 11.5. The second-order valence-electron chi connectivity index (χ2n) is 3.43. The zero-order valence-corrected chi connectivity index (χ0v) is 9.61. The number of hydrogen-bond acceptors (Lipinski definition) is 5. The maximum absolute atomic E-state index is 11.5.